The van der Waals surface area contributed by atoms with E-state index in [4.69, 9.17) is 4.74 Å². The van der Waals surface area contributed by atoms with Gasteiger partial charge in [0.2, 0.25) is 5.91 Å². The Labute approximate surface area is 138 Å². The lowest BCUT2D eigenvalue weighted by molar-refractivity contribution is -0.126. The first kappa shape index (κ1) is 14.8. The number of rotatable bonds is 4. The van der Waals surface area contributed by atoms with E-state index in [1.54, 1.807) is 0 Å². The predicted molar refractivity (Wildman–Crippen MR) is 90.3 cm³/mol. The van der Waals surface area contributed by atoms with Crippen LogP contribution in [0.4, 0.5) is 0 Å². The summed E-state index contributed by atoms with van der Waals surface area (Å²) in [6.45, 7) is 5.90. The van der Waals surface area contributed by atoms with Crippen LogP contribution >= 0.6 is 0 Å². The first-order chi connectivity index (χ1) is 11.2. The minimum Gasteiger partial charge on any atom is -0.493 e. The molecule has 1 heterocycles. The van der Waals surface area contributed by atoms with Gasteiger partial charge in [0.25, 0.3) is 0 Å². The normalized spacial score (nSPS) is 28.5. The van der Waals surface area contributed by atoms with Crippen LogP contribution in [0.5, 0.6) is 5.75 Å². The van der Waals surface area contributed by atoms with Gasteiger partial charge in [0.15, 0.2) is 0 Å². The molecule has 1 aromatic carbocycles. The number of ether oxygens (including phenoxy) is 1. The summed E-state index contributed by atoms with van der Waals surface area (Å²) >= 11 is 0. The number of fused-ring (bicyclic) bond motifs is 3. The first-order valence-corrected chi connectivity index (χ1v) is 8.83. The molecule has 3 aliphatic rings. The number of hydrogen-bond acceptors (Lipinski definition) is 2. The molecule has 0 spiro atoms. The van der Waals surface area contributed by atoms with Gasteiger partial charge in [0.1, 0.15) is 5.75 Å². The second-order valence-corrected chi connectivity index (χ2v) is 7.58. The second kappa shape index (κ2) is 5.70. The summed E-state index contributed by atoms with van der Waals surface area (Å²) in [5.41, 5.74) is 3.01. The quantitative estimate of drug-likeness (QED) is 0.793. The maximum absolute atomic E-state index is 11.8. The highest BCUT2D eigenvalue weighted by molar-refractivity contribution is 5.87. The standard InChI is InChI=1S/C20H25NO2/c1-2-19(22)21-10-7-16-3-4-18(11-17(16)13-21)23-14-20-8-5-15(12-20)6-9-20/h2-4,11,15H,1,5-10,12-14H2. The van der Waals surface area contributed by atoms with Gasteiger partial charge in [-0.25, -0.2) is 0 Å². The van der Waals surface area contributed by atoms with E-state index in [0.29, 0.717) is 12.0 Å². The summed E-state index contributed by atoms with van der Waals surface area (Å²) in [7, 11) is 0. The summed E-state index contributed by atoms with van der Waals surface area (Å²) in [6.07, 6.45) is 9.15. The molecule has 0 atom stereocenters. The highest BCUT2D eigenvalue weighted by Gasteiger charge is 2.45. The van der Waals surface area contributed by atoms with E-state index in [9.17, 15) is 4.79 Å². The van der Waals surface area contributed by atoms with Crippen molar-refractivity contribution in [1.29, 1.82) is 0 Å². The van der Waals surface area contributed by atoms with Crippen LogP contribution in [0.1, 0.15) is 43.2 Å². The van der Waals surface area contributed by atoms with E-state index < -0.39 is 0 Å². The van der Waals surface area contributed by atoms with Gasteiger partial charge in [-0.15, -0.1) is 0 Å². The van der Waals surface area contributed by atoms with E-state index in [1.165, 1.54) is 49.3 Å². The van der Waals surface area contributed by atoms with Gasteiger partial charge in [0.05, 0.1) is 6.61 Å². The third kappa shape index (κ3) is 2.77. The van der Waals surface area contributed by atoms with Gasteiger partial charge >= 0.3 is 0 Å². The molecule has 1 aromatic rings. The SMILES string of the molecule is C=CC(=O)N1CCc2ccc(OCC34CCC(CC3)C4)cc2C1. The Balaban J connectivity index is 1.44. The van der Waals surface area contributed by atoms with Gasteiger partial charge in [-0.1, -0.05) is 12.6 Å². The third-order valence-electron chi connectivity index (χ3n) is 6.11. The van der Waals surface area contributed by atoms with Gasteiger partial charge in [-0.05, 0) is 73.8 Å². The molecule has 23 heavy (non-hydrogen) atoms. The molecule has 2 saturated carbocycles. The van der Waals surface area contributed by atoms with Crippen molar-refractivity contribution >= 4 is 5.91 Å². The number of benzene rings is 1. The monoisotopic (exact) mass is 311 g/mol. The van der Waals surface area contributed by atoms with Gasteiger partial charge < -0.3 is 9.64 Å². The topological polar surface area (TPSA) is 29.5 Å². The smallest absolute Gasteiger partial charge is 0.246 e. The fraction of sp³-hybridized carbons (Fsp3) is 0.550. The van der Waals surface area contributed by atoms with Crippen LogP contribution in [0.15, 0.2) is 30.9 Å². The minimum absolute atomic E-state index is 0.0174. The lowest BCUT2D eigenvalue weighted by atomic mass is 9.85. The van der Waals surface area contributed by atoms with Crippen molar-refractivity contribution in [3.63, 3.8) is 0 Å². The largest absolute Gasteiger partial charge is 0.493 e. The Kier molecular flexibility index (Phi) is 3.67. The van der Waals surface area contributed by atoms with Crippen molar-refractivity contribution in [2.45, 2.75) is 45.1 Å². The van der Waals surface area contributed by atoms with E-state index in [2.05, 4.69) is 24.8 Å². The molecule has 0 aromatic heterocycles. The third-order valence-corrected chi connectivity index (χ3v) is 6.11. The van der Waals surface area contributed by atoms with Crippen molar-refractivity contribution in [2.75, 3.05) is 13.2 Å². The van der Waals surface area contributed by atoms with Crippen molar-refractivity contribution in [3.8, 4) is 5.75 Å². The van der Waals surface area contributed by atoms with Crippen LogP contribution in [0.3, 0.4) is 0 Å². The second-order valence-electron chi connectivity index (χ2n) is 7.58. The molecular formula is C20H25NO2. The van der Waals surface area contributed by atoms with Crippen LogP contribution in [-0.4, -0.2) is 24.0 Å². The molecule has 1 amide bonds. The average molecular weight is 311 g/mol. The first-order valence-electron chi connectivity index (χ1n) is 8.83. The predicted octanol–water partition coefficient (Wildman–Crippen LogP) is 3.72. The van der Waals surface area contributed by atoms with Crippen molar-refractivity contribution in [1.82, 2.24) is 4.90 Å². The Morgan fingerprint density at radius 2 is 2.17 bits per heavy atom. The zero-order valence-electron chi connectivity index (χ0n) is 13.7. The van der Waals surface area contributed by atoms with E-state index in [0.717, 1.165) is 31.2 Å². The van der Waals surface area contributed by atoms with Gasteiger partial charge in [-0.2, -0.15) is 0 Å². The summed E-state index contributed by atoms with van der Waals surface area (Å²) in [5, 5.41) is 0. The van der Waals surface area contributed by atoms with Crippen LogP contribution in [0, 0.1) is 11.3 Å². The highest BCUT2D eigenvalue weighted by Crippen LogP contribution is 2.54. The van der Waals surface area contributed by atoms with Crippen LogP contribution in [0.25, 0.3) is 0 Å². The molecule has 3 heteroatoms. The maximum atomic E-state index is 11.8. The van der Waals surface area contributed by atoms with E-state index >= 15 is 0 Å². The lowest BCUT2D eigenvalue weighted by Gasteiger charge is -2.29. The van der Waals surface area contributed by atoms with E-state index in [1.807, 2.05) is 4.90 Å². The fourth-order valence-electron chi connectivity index (χ4n) is 4.69. The van der Waals surface area contributed by atoms with Crippen LogP contribution in [0.2, 0.25) is 0 Å². The Morgan fingerprint density at radius 1 is 1.35 bits per heavy atom. The van der Waals surface area contributed by atoms with E-state index in [-0.39, 0.29) is 5.91 Å². The molecule has 0 saturated heterocycles. The summed E-state index contributed by atoms with van der Waals surface area (Å²) < 4.78 is 6.18. The van der Waals surface area contributed by atoms with Crippen LogP contribution in [-0.2, 0) is 17.8 Å². The molecule has 0 unspecified atom stereocenters. The lowest BCUT2D eigenvalue weighted by Crippen LogP contribution is -2.34. The Bertz CT molecular complexity index is 629. The number of carbonyl (C=O) groups is 1. The number of hydrogen-bond donors (Lipinski definition) is 0. The average Bonchev–Trinajstić information content (AvgIpc) is 3.20. The number of carbonyl (C=O) groups excluding carboxylic acids is 1. The summed E-state index contributed by atoms with van der Waals surface area (Å²) in [4.78, 5) is 13.7. The molecule has 2 aliphatic carbocycles. The van der Waals surface area contributed by atoms with Crippen molar-refractivity contribution < 1.29 is 9.53 Å². The number of amides is 1. The van der Waals surface area contributed by atoms with Gasteiger partial charge in [-0.3, -0.25) is 4.79 Å². The van der Waals surface area contributed by atoms with Gasteiger partial charge in [0, 0.05) is 18.5 Å². The zero-order valence-corrected chi connectivity index (χ0v) is 13.7. The molecule has 0 N–H and O–H groups in total. The molecule has 2 bridgehead atoms. The molecule has 4 rings (SSSR count). The number of nitrogens with zero attached hydrogens (tertiary/aromatic N) is 1. The summed E-state index contributed by atoms with van der Waals surface area (Å²) in [6, 6.07) is 6.40. The molecule has 0 radical (unpaired) electrons. The zero-order chi connectivity index (χ0) is 15.9. The van der Waals surface area contributed by atoms with Crippen molar-refractivity contribution in [3.05, 3.63) is 42.0 Å². The van der Waals surface area contributed by atoms with Crippen LogP contribution < -0.4 is 4.74 Å². The Morgan fingerprint density at radius 3 is 2.87 bits per heavy atom. The molecule has 2 fully saturated rings. The molecular weight excluding hydrogens is 286 g/mol. The Hall–Kier alpha value is -1.77. The maximum Gasteiger partial charge on any atom is 0.246 e. The molecule has 122 valence electrons. The van der Waals surface area contributed by atoms with Crippen molar-refractivity contribution in [2.24, 2.45) is 11.3 Å². The fourth-order valence-corrected chi connectivity index (χ4v) is 4.69. The molecule has 1 aliphatic heterocycles. The summed E-state index contributed by atoms with van der Waals surface area (Å²) in [5.74, 6) is 1.94. The minimum atomic E-state index is 0.0174. The highest BCUT2D eigenvalue weighted by atomic mass is 16.5. The molecule has 3 nitrogen and oxygen atoms in total.